The van der Waals surface area contributed by atoms with Crippen LogP contribution in [0.5, 0.6) is 0 Å². The van der Waals surface area contributed by atoms with Crippen molar-refractivity contribution in [2.45, 2.75) is 62.6 Å². The number of aliphatic hydroxyl groups is 4. The molecule has 0 aliphatic carbocycles. The van der Waals surface area contributed by atoms with Crippen LogP contribution in [-0.4, -0.2) is 91.4 Å². The Labute approximate surface area is 233 Å². The summed E-state index contributed by atoms with van der Waals surface area (Å²) in [5.41, 5.74) is 3.69. The van der Waals surface area contributed by atoms with Gasteiger partial charge >= 0.3 is 12.4 Å². The highest BCUT2D eigenvalue weighted by Gasteiger charge is 2.53. The van der Waals surface area contributed by atoms with Crippen molar-refractivity contribution in [3.63, 3.8) is 0 Å². The van der Waals surface area contributed by atoms with Crippen LogP contribution in [0.3, 0.4) is 0 Å². The summed E-state index contributed by atoms with van der Waals surface area (Å²) in [5, 5.41) is 42.0. The van der Waals surface area contributed by atoms with Crippen LogP contribution >= 0.6 is 6.72 Å². The number of aromatic nitrogens is 6. The van der Waals surface area contributed by atoms with Gasteiger partial charge in [0, 0.05) is 18.2 Å². The smallest absolute Gasteiger partial charge is 0.330 e. The first-order chi connectivity index (χ1) is 19.2. The lowest BCUT2D eigenvalue weighted by Gasteiger charge is -2.32. The molecule has 8 atom stereocenters. The van der Waals surface area contributed by atoms with Gasteiger partial charge in [-0.05, 0) is 18.7 Å². The summed E-state index contributed by atoms with van der Waals surface area (Å²) in [4.78, 5) is 59.0. The largest absolute Gasteiger partial charge is 0.393 e. The average Bonchev–Trinajstić information content (AvgIpc) is 3.55. The Morgan fingerprint density at radius 3 is 2.71 bits per heavy atom. The van der Waals surface area contributed by atoms with Crippen LogP contribution in [0.1, 0.15) is 30.9 Å². The lowest BCUT2D eigenvalue weighted by atomic mass is 10.1. The second-order valence-corrected chi connectivity index (χ2v) is 12.2. The van der Waals surface area contributed by atoms with Crippen LogP contribution in [0.25, 0.3) is 11.2 Å². The number of ether oxygens (including phenoxy) is 2. The summed E-state index contributed by atoms with van der Waals surface area (Å²) in [6, 6.07) is 0. The molecule has 0 aromatic carbocycles. The van der Waals surface area contributed by atoms with Gasteiger partial charge in [-0.25, -0.2) is 9.78 Å². The molecule has 9 N–H and O–H groups in total. The fourth-order valence-electron chi connectivity index (χ4n) is 4.65. The molecule has 2 unspecified atom stereocenters. The van der Waals surface area contributed by atoms with Crippen LogP contribution in [0.4, 0.5) is 5.95 Å². The fraction of sp³-hybridized carbons (Fsp3) is 0.550. The number of nitrogens with zero attached hydrogens (tertiary/aromatic N) is 4. The van der Waals surface area contributed by atoms with Gasteiger partial charge in [-0.1, -0.05) is 0 Å². The average molecular weight is 620 g/mol. The monoisotopic (exact) mass is 619 g/mol. The highest BCUT2D eigenvalue weighted by Crippen LogP contribution is 2.54. The lowest BCUT2D eigenvalue weighted by molar-refractivity contribution is -0.203. The van der Waals surface area contributed by atoms with Gasteiger partial charge in [0.2, 0.25) is 11.7 Å². The number of hydrogen-bond acceptors (Lipinski definition) is 15. The van der Waals surface area contributed by atoms with E-state index in [1.807, 2.05) is 0 Å². The summed E-state index contributed by atoms with van der Waals surface area (Å²) in [6.45, 7) is -3.91. The standard InChI is InChI=1S/C20H26N7O12PS/c1-7-4-26(19(33)25-15(7)30)10-2-8(29)13(37-10)17(32)38-40(35,41)39-20(34)3-11(36-9(20)5-28)27-6-22-12-14(27)23-18(21)24-16(12)31/h4,6,8-11,13,17,28-29,32,34H,2-3,5H2,1H3,(H,35,41)(H,25,30,33)(H3,21,23,24,31)/t8-,9+,10+,11+,13-,17?,20+,40?/m0/s1. The molecular formula is C20H26N7O12PS. The molecule has 224 valence electrons. The number of anilines is 1. The van der Waals surface area contributed by atoms with Crippen molar-refractivity contribution in [2.75, 3.05) is 12.3 Å². The number of nitrogens with two attached hydrogens (primary N) is 1. The molecule has 19 nitrogen and oxygen atoms in total. The van der Waals surface area contributed by atoms with E-state index in [-0.39, 0.29) is 29.1 Å². The van der Waals surface area contributed by atoms with Crippen LogP contribution < -0.4 is 22.5 Å². The topological polar surface area (TPSA) is 283 Å². The Morgan fingerprint density at radius 1 is 1.27 bits per heavy atom. The van der Waals surface area contributed by atoms with Crippen molar-refractivity contribution in [3.8, 4) is 0 Å². The van der Waals surface area contributed by atoms with Gasteiger partial charge in [0.1, 0.15) is 24.7 Å². The van der Waals surface area contributed by atoms with Crippen molar-refractivity contribution in [2.24, 2.45) is 0 Å². The van der Waals surface area contributed by atoms with Crippen LogP contribution in [0.15, 0.2) is 26.9 Å². The number of nitrogen functional groups attached to an aromatic ring is 1. The number of hydrogen-bond donors (Lipinski definition) is 8. The maximum absolute atomic E-state index is 12.2. The van der Waals surface area contributed by atoms with E-state index in [4.69, 9.17) is 36.1 Å². The van der Waals surface area contributed by atoms with E-state index in [1.54, 1.807) is 0 Å². The molecular weight excluding hydrogens is 593 g/mol. The normalized spacial score (nSPS) is 30.5. The zero-order chi connectivity index (χ0) is 29.9. The Balaban J connectivity index is 1.30. The van der Waals surface area contributed by atoms with E-state index in [1.165, 1.54) is 24.0 Å². The summed E-state index contributed by atoms with van der Waals surface area (Å²) in [7, 11) is 0. The predicted octanol–water partition coefficient (Wildman–Crippen LogP) is -3.25. The molecule has 2 aliphatic rings. The summed E-state index contributed by atoms with van der Waals surface area (Å²) in [5.74, 6) is -2.68. The molecule has 5 heterocycles. The number of aryl methyl sites for hydroxylation is 1. The predicted molar refractivity (Wildman–Crippen MR) is 138 cm³/mol. The third kappa shape index (κ3) is 5.64. The first-order valence-corrected chi connectivity index (χ1v) is 14.6. The van der Waals surface area contributed by atoms with Gasteiger partial charge in [-0.3, -0.25) is 37.7 Å². The van der Waals surface area contributed by atoms with E-state index in [0.717, 1.165) is 4.57 Å². The van der Waals surface area contributed by atoms with E-state index in [2.05, 4.69) is 19.9 Å². The molecule has 0 amide bonds. The number of nitrogens with one attached hydrogen (secondary N) is 2. The fourth-order valence-corrected chi connectivity index (χ4v) is 6.33. The summed E-state index contributed by atoms with van der Waals surface area (Å²) < 4.78 is 23.8. The first kappa shape index (κ1) is 29.6. The molecule has 0 spiro atoms. The molecule has 2 aliphatic heterocycles. The molecule has 41 heavy (non-hydrogen) atoms. The minimum Gasteiger partial charge on any atom is -0.393 e. The molecule has 3 aromatic heterocycles. The number of fused-ring (bicyclic) bond motifs is 1. The minimum absolute atomic E-state index is 0.00556. The van der Waals surface area contributed by atoms with Crippen molar-refractivity contribution >= 4 is 35.6 Å². The quantitative estimate of drug-likeness (QED) is 0.0907. The van der Waals surface area contributed by atoms with Crippen molar-refractivity contribution in [1.82, 2.24) is 29.1 Å². The third-order valence-corrected chi connectivity index (χ3v) is 8.12. The lowest BCUT2D eigenvalue weighted by Crippen LogP contribution is -2.43. The highest BCUT2D eigenvalue weighted by molar-refractivity contribution is 8.07. The van der Waals surface area contributed by atoms with Gasteiger partial charge in [0.05, 0.1) is 25.5 Å². The number of imidazole rings is 1. The van der Waals surface area contributed by atoms with Crippen molar-refractivity contribution in [1.29, 1.82) is 0 Å². The molecule has 2 fully saturated rings. The molecule has 2 saturated heterocycles. The van der Waals surface area contributed by atoms with Crippen molar-refractivity contribution in [3.05, 3.63) is 49.3 Å². The number of aliphatic hydroxyl groups excluding tert-OH is 3. The van der Waals surface area contributed by atoms with Crippen molar-refractivity contribution < 1.29 is 43.8 Å². The van der Waals surface area contributed by atoms with Crippen LogP contribution in [-0.2, 0) is 30.3 Å². The van der Waals surface area contributed by atoms with Gasteiger partial charge in [-0.15, -0.1) is 0 Å². The third-order valence-electron chi connectivity index (χ3n) is 6.61. The maximum atomic E-state index is 12.2. The summed E-state index contributed by atoms with van der Waals surface area (Å²) >= 11 is 4.97. The Hall–Kier alpha value is -2.88. The van der Waals surface area contributed by atoms with Gasteiger partial charge in [0.15, 0.2) is 17.5 Å². The van der Waals surface area contributed by atoms with E-state index in [0.29, 0.717) is 0 Å². The molecule has 0 bridgehead atoms. The summed E-state index contributed by atoms with van der Waals surface area (Å²) in [6.07, 6.45) is -7.03. The zero-order valence-corrected chi connectivity index (χ0v) is 22.8. The molecule has 0 radical (unpaired) electrons. The number of aromatic amines is 2. The molecule has 3 aromatic rings. The second-order valence-electron chi connectivity index (χ2n) is 9.48. The highest BCUT2D eigenvalue weighted by atomic mass is 32.5. The van der Waals surface area contributed by atoms with E-state index in [9.17, 15) is 39.7 Å². The second kappa shape index (κ2) is 10.7. The SMILES string of the molecule is Cc1cn([C@H]2C[C@H](O)[C@@H](C(O)OP(O)(=S)O[C@]3(O)C[C@H](n4cnc5c(=O)[nH]c(N)nc54)O[C@@H]3CO)O2)c(=O)[nH]c1=O. The molecule has 0 saturated carbocycles. The number of H-pyrrole nitrogens is 2. The van der Waals surface area contributed by atoms with Gasteiger partial charge in [0.25, 0.3) is 11.1 Å². The Morgan fingerprint density at radius 2 is 2.00 bits per heavy atom. The Bertz CT molecular complexity index is 1690. The van der Waals surface area contributed by atoms with Crippen LogP contribution in [0, 0.1) is 6.92 Å². The van der Waals surface area contributed by atoms with E-state index >= 15 is 0 Å². The maximum Gasteiger partial charge on any atom is 0.330 e. The minimum atomic E-state index is -4.56. The zero-order valence-electron chi connectivity index (χ0n) is 21.1. The molecule has 5 rings (SSSR count). The van der Waals surface area contributed by atoms with E-state index < -0.39 is 79.4 Å². The Kier molecular flexibility index (Phi) is 7.76. The molecule has 21 heteroatoms. The number of rotatable bonds is 8. The first-order valence-electron chi connectivity index (χ1n) is 12.0. The van der Waals surface area contributed by atoms with Gasteiger partial charge in [-0.2, -0.15) is 4.98 Å². The van der Waals surface area contributed by atoms with Gasteiger partial charge < -0.3 is 40.5 Å². The van der Waals surface area contributed by atoms with Crippen LogP contribution in [0.2, 0.25) is 0 Å².